The van der Waals surface area contributed by atoms with E-state index in [1.807, 2.05) is 68.8 Å². The molecule has 0 unspecified atom stereocenters. The molecule has 166 valence electrons. The van der Waals surface area contributed by atoms with Gasteiger partial charge >= 0.3 is 6.01 Å². The fourth-order valence-corrected chi connectivity index (χ4v) is 3.40. The molecule has 0 aliphatic heterocycles. The highest BCUT2D eigenvalue weighted by molar-refractivity contribution is 5.70. The quantitative estimate of drug-likeness (QED) is 0.463. The van der Waals surface area contributed by atoms with Gasteiger partial charge in [-0.3, -0.25) is 9.67 Å². The summed E-state index contributed by atoms with van der Waals surface area (Å²) in [4.78, 5) is 14.1. The molecule has 0 atom stereocenters. The highest BCUT2D eigenvalue weighted by atomic mass is 16.5. The third-order valence-electron chi connectivity index (χ3n) is 5.11. The largest absolute Gasteiger partial charge is 0.493 e. The summed E-state index contributed by atoms with van der Waals surface area (Å²) in [6.07, 6.45) is 5.07. The van der Waals surface area contributed by atoms with Crippen molar-refractivity contribution in [2.24, 2.45) is 12.0 Å². The van der Waals surface area contributed by atoms with E-state index in [2.05, 4.69) is 37.7 Å². The Morgan fingerprint density at radius 2 is 1.88 bits per heavy atom. The van der Waals surface area contributed by atoms with E-state index in [9.17, 15) is 5.11 Å². The van der Waals surface area contributed by atoms with E-state index < -0.39 is 0 Å². The molecule has 0 saturated heterocycles. The topological polar surface area (TPSA) is 88.7 Å². The molecule has 0 aliphatic rings. The molecule has 0 aliphatic carbocycles. The molecule has 1 N–H and O–H groups in total. The Morgan fingerprint density at radius 3 is 2.55 bits per heavy atom. The molecular formula is C25H24N6O2. The Labute approximate surface area is 191 Å². The number of aryl methyl sites for hydroxylation is 1. The molecule has 8 nitrogen and oxygen atoms in total. The Hall–Kier alpha value is -4.46. The number of aliphatic imine (C=N–C) groups is 1. The third kappa shape index (κ3) is 4.74. The van der Waals surface area contributed by atoms with Gasteiger partial charge in [0.2, 0.25) is 5.88 Å². The first kappa shape index (κ1) is 21.8. The highest BCUT2D eigenvalue weighted by Crippen LogP contribution is 2.29. The molecule has 0 bridgehead atoms. The molecule has 2 aromatic carbocycles. The van der Waals surface area contributed by atoms with Gasteiger partial charge in [-0.1, -0.05) is 18.2 Å². The van der Waals surface area contributed by atoms with Gasteiger partial charge in [0.25, 0.3) is 0 Å². The SMILES string of the molecule is C=N/C=c1/nc(Oc2ccc(N(C)c3cccc(-c4ccn(C)n4)c3)cc2)nc(O)/c1=C/C. The number of rotatable bonds is 6. The van der Waals surface area contributed by atoms with Crippen LogP contribution in [0.2, 0.25) is 0 Å². The van der Waals surface area contributed by atoms with Crippen LogP contribution >= 0.6 is 0 Å². The fourth-order valence-electron chi connectivity index (χ4n) is 3.40. The van der Waals surface area contributed by atoms with Gasteiger partial charge in [0.05, 0.1) is 22.5 Å². The predicted octanol–water partition coefficient (Wildman–Crippen LogP) is 3.38. The van der Waals surface area contributed by atoms with Crippen LogP contribution < -0.4 is 20.2 Å². The van der Waals surface area contributed by atoms with Crippen LogP contribution in [-0.4, -0.2) is 38.6 Å². The van der Waals surface area contributed by atoms with Gasteiger partial charge in [-0.2, -0.15) is 15.1 Å². The molecule has 0 spiro atoms. The number of anilines is 2. The maximum atomic E-state index is 10.2. The number of hydrogen-bond donors (Lipinski definition) is 1. The van der Waals surface area contributed by atoms with E-state index in [4.69, 9.17) is 4.74 Å². The van der Waals surface area contributed by atoms with Gasteiger partial charge in [-0.25, -0.2) is 0 Å². The second kappa shape index (κ2) is 9.35. The lowest BCUT2D eigenvalue weighted by molar-refractivity contribution is 0.400. The molecule has 0 radical (unpaired) electrons. The van der Waals surface area contributed by atoms with Crippen LogP contribution in [0, 0.1) is 0 Å². The maximum Gasteiger partial charge on any atom is 0.325 e. The van der Waals surface area contributed by atoms with Crippen molar-refractivity contribution in [3.05, 3.63) is 71.4 Å². The first-order valence-corrected chi connectivity index (χ1v) is 10.3. The number of aromatic nitrogens is 4. The van der Waals surface area contributed by atoms with E-state index >= 15 is 0 Å². The van der Waals surface area contributed by atoms with Crippen molar-refractivity contribution in [2.75, 3.05) is 11.9 Å². The lowest BCUT2D eigenvalue weighted by Gasteiger charge is -2.20. The van der Waals surface area contributed by atoms with Gasteiger partial charge in [-0.15, -0.1) is 0 Å². The van der Waals surface area contributed by atoms with Crippen molar-refractivity contribution >= 4 is 30.4 Å². The highest BCUT2D eigenvalue weighted by Gasteiger charge is 2.09. The Kier molecular flexibility index (Phi) is 6.17. The maximum absolute atomic E-state index is 10.2. The number of ether oxygens (including phenoxy) is 1. The van der Waals surface area contributed by atoms with Crippen LogP contribution in [0.3, 0.4) is 0 Å². The molecule has 2 aromatic heterocycles. The van der Waals surface area contributed by atoms with Crippen molar-refractivity contribution < 1.29 is 9.84 Å². The van der Waals surface area contributed by atoms with Crippen LogP contribution in [0.15, 0.2) is 65.8 Å². The summed E-state index contributed by atoms with van der Waals surface area (Å²) in [6, 6.07) is 17.7. The summed E-state index contributed by atoms with van der Waals surface area (Å²) in [6.45, 7) is 5.22. The van der Waals surface area contributed by atoms with Crippen molar-refractivity contribution in [2.45, 2.75) is 6.92 Å². The minimum Gasteiger partial charge on any atom is -0.493 e. The third-order valence-corrected chi connectivity index (χ3v) is 5.11. The minimum absolute atomic E-state index is 0.0252. The molecule has 2 heterocycles. The van der Waals surface area contributed by atoms with Crippen molar-refractivity contribution in [3.8, 4) is 28.9 Å². The molecule has 0 saturated carbocycles. The standard InChI is InChI=1S/C25H24N6O2/c1-5-21-23(16-26-2)27-25(28-24(21)32)33-20-11-9-18(10-12-20)31(4)19-8-6-7-17(15-19)22-13-14-30(3)29-22/h5-16H,2H2,1,3-4H3,(H,27,28,32)/b21-5+,23-16+. The number of nitrogens with zero attached hydrogens (tertiary/aromatic N) is 6. The van der Waals surface area contributed by atoms with Gasteiger partial charge in [0.1, 0.15) is 5.75 Å². The van der Waals surface area contributed by atoms with Crippen LogP contribution in [0.1, 0.15) is 6.92 Å². The summed E-state index contributed by atoms with van der Waals surface area (Å²) in [7, 11) is 3.90. The lowest BCUT2D eigenvalue weighted by atomic mass is 10.1. The summed E-state index contributed by atoms with van der Waals surface area (Å²) in [5.74, 6) is 0.362. The van der Waals surface area contributed by atoms with Crippen LogP contribution in [0.4, 0.5) is 11.4 Å². The fraction of sp³-hybridized carbons (Fsp3) is 0.120. The average molecular weight is 441 g/mol. The van der Waals surface area contributed by atoms with Gasteiger partial charge in [0, 0.05) is 37.2 Å². The smallest absolute Gasteiger partial charge is 0.325 e. The Bertz CT molecular complexity index is 1410. The first-order valence-electron chi connectivity index (χ1n) is 10.3. The molecule has 4 aromatic rings. The van der Waals surface area contributed by atoms with Crippen LogP contribution in [0.25, 0.3) is 23.5 Å². The number of aromatic hydroxyl groups is 1. The number of hydrogen-bond acceptors (Lipinski definition) is 7. The molecule has 0 fully saturated rings. The first-order chi connectivity index (χ1) is 16.0. The van der Waals surface area contributed by atoms with Crippen LogP contribution in [-0.2, 0) is 7.05 Å². The van der Waals surface area contributed by atoms with Gasteiger partial charge in [0.15, 0.2) is 0 Å². The second-order valence-corrected chi connectivity index (χ2v) is 7.31. The van der Waals surface area contributed by atoms with Crippen LogP contribution in [0.5, 0.6) is 17.6 Å². The van der Waals surface area contributed by atoms with E-state index in [-0.39, 0.29) is 11.9 Å². The molecule has 0 amide bonds. The minimum atomic E-state index is -0.179. The zero-order valence-electron chi connectivity index (χ0n) is 18.7. The molecular weight excluding hydrogens is 416 g/mol. The normalized spacial score (nSPS) is 12.1. The summed E-state index contributed by atoms with van der Waals surface area (Å²) in [5, 5.41) is 15.5. The molecule has 33 heavy (non-hydrogen) atoms. The van der Waals surface area contributed by atoms with E-state index in [0.29, 0.717) is 16.3 Å². The van der Waals surface area contributed by atoms with Crippen molar-refractivity contribution in [1.82, 2.24) is 19.7 Å². The van der Waals surface area contributed by atoms with Gasteiger partial charge < -0.3 is 14.7 Å². The molecule has 4 rings (SSSR count). The monoisotopic (exact) mass is 440 g/mol. The lowest BCUT2D eigenvalue weighted by Crippen LogP contribution is -2.29. The summed E-state index contributed by atoms with van der Waals surface area (Å²) < 4.78 is 7.55. The van der Waals surface area contributed by atoms with Crippen molar-refractivity contribution in [1.29, 1.82) is 0 Å². The zero-order chi connectivity index (χ0) is 23.4. The average Bonchev–Trinajstić information content (AvgIpc) is 3.26. The number of benzene rings is 2. The van der Waals surface area contributed by atoms with Gasteiger partial charge in [-0.05, 0) is 56.1 Å². The van der Waals surface area contributed by atoms with E-state index in [0.717, 1.165) is 22.6 Å². The summed E-state index contributed by atoms with van der Waals surface area (Å²) in [5.41, 5.74) is 3.98. The Balaban J connectivity index is 1.56. The Morgan fingerprint density at radius 1 is 1.09 bits per heavy atom. The van der Waals surface area contributed by atoms with Crippen molar-refractivity contribution in [3.63, 3.8) is 0 Å². The van der Waals surface area contributed by atoms with E-state index in [1.54, 1.807) is 17.7 Å². The predicted molar refractivity (Wildman–Crippen MR) is 130 cm³/mol. The molecule has 8 heteroatoms. The van der Waals surface area contributed by atoms with E-state index in [1.165, 1.54) is 6.20 Å². The zero-order valence-corrected chi connectivity index (χ0v) is 18.7. The summed E-state index contributed by atoms with van der Waals surface area (Å²) >= 11 is 0. The second-order valence-electron chi connectivity index (χ2n) is 7.31.